The minimum absolute atomic E-state index is 0.263. The number of esters is 1. The van der Waals surface area contributed by atoms with Crippen LogP contribution in [0.1, 0.15) is 27.2 Å². The number of fused-ring (bicyclic) bond motifs is 1. The van der Waals surface area contributed by atoms with Gasteiger partial charge in [0, 0.05) is 35.6 Å². The summed E-state index contributed by atoms with van der Waals surface area (Å²) in [4.78, 5) is 19.5. The van der Waals surface area contributed by atoms with Gasteiger partial charge in [-0.2, -0.15) is 0 Å². The summed E-state index contributed by atoms with van der Waals surface area (Å²) in [5.41, 5.74) is 8.54. The SMILES string of the molecule is COC(=O)c1cc(-c2ccccc2Cl)c2c(C)c(-c3ccc(CN4CCOCC4)cc3)c(C)cc2n1. The van der Waals surface area contributed by atoms with Crippen molar-refractivity contribution in [3.05, 3.63) is 88.1 Å². The zero-order valence-corrected chi connectivity index (χ0v) is 21.6. The van der Waals surface area contributed by atoms with Crippen LogP contribution >= 0.6 is 11.6 Å². The van der Waals surface area contributed by atoms with Gasteiger partial charge < -0.3 is 9.47 Å². The molecule has 36 heavy (non-hydrogen) atoms. The van der Waals surface area contributed by atoms with Crippen LogP contribution in [0, 0.1) is 13.8 Å². The number of hydrogen-bond donors (Lipinski definition) is 0. The first-order valence-electron chi connectivity index (χ1n) is 12.1. The minimum Gasteiger partial charge on any atom is -0.464 e. The molecule has 0 amide bonds. The number of hydrogen-bond acceptors (Lipinski definition) is 5. The lowest BCUT2D eigenvalue weighted by Crippen LogP contribution is -2.35. The van der Waals surface area contributed by atoms with Gasteiger partial charge in [-0.1, -0.05) is 54.1 Å². The largest absolute Gasteiger partial charge is 0.464 e. The average molecular weight is 501 g/mol. The number of carbonyl (C=O) groups excluding carboxylic acids is 1. The van der Waals surface area contributed by atoms with Crippen molar-refractivity contribution in [2.24, 2.45) is 0 Å². The number of methoxy groups -OCH3 is 1. The van der Waals surface area contributed by atoms with Crippen LogP contribution in [-0.2, 0) is 16.0 Å². The molecule has 0 spiro atoms. The van der Waals surface area contributed by atoms with Gasteiger partial charge >= 0.3 is 5.97 Å². The summed E-state index contributed by atoms with van der Waals surface area (Å²) in [6.45, 7) is 8.67. The van der Waals surface area contributed by atoms with Crippen molar-refractivity contribution >= 4 is 28.5 Å². The summed E-state index contributed by atoms with van der Waals surface area (Å²) >= 11 is 6.61. The number of ether oxygens (including phenoxy) is 2. The van der Waals surface area contributed by atoms with Gasteiger partial charge in [-0.15, -0.1) is 0 Å². The molecule has 1 saturated heterocycles. The van der Waals surface area contributed by atoms with Crippen molar-refractivity contribution in [2.45, 2.75) is 20.4 Å². The molecular formula is C30H29ClN2O3. The van der Waals surface area contributed by atoms with E-state index in [1.807, 2.05) is 30.3 Å². The van der Waals surface area contributed by atoms with Crippen molar-refractivity contribution in [1.29, 1.82) is 0 Å². The lowest BCUT2D eigenvalue weighted by molar-refractivity contribution is 0.0342. The molecule has 0 bridgehead atoms. The van der Waals surface area contributed by atoms with E-state index in [1.165, 1.54) is 18.2 Å². The van der Waals surface area contributed by atoms with Crippen LogP contribution in [0.5, 0.6) is 0 Å². The van der Waals surface area contributed by atoms with E-state index in [9.17, 15) is 4.79 Å². The van der Waals surface area contributed by atoms with Crippen LogP contribution in [0.25, 0.3) is 33.2 Å². The lowest BCUT2D eigenvalue weighted by atomic mass is 9.88. The summed E-state index contributed by atoms with van der Waals surface area (Å²) in [5.74, 6) is -0.472. The third kappa shape index (κ3) is 4.74. The number of aromatic nitrogens is 1. The van der Waals surface area contributed by atoms with Gasteiger partial charge in [0.25, 0.3) is 0 Å². The quantitative estimate of drug-likeness (QED) is 0.294. The Morgan fingerprint density at radius 2 is 1.75 bits per heavy atom. The molecule has 5 nitrogen and oxygen atoms in total. The molecule has 184 valence electrons. The number of morpholine rings is 1. The standard InChI is InChI=1S/C30H29ClN2O3/c1-19-16-26-29(24(17-27(32-26)30(34)35-3)23-6-4-5-7-25(23)31)20(2)28(19)22-10-8-21(9-11-22)18-33-12-14-36-15-13-33/h4-11,16-17H,12-15,18H2,1-3H3. The van der Waals surface area contributed by atoms with Gasteiger partial charge in [0.05, 0.1) is 25.8 Å². The highest BCUT2D eigenvalue weighted by molar-refractivity contribution is 6.33. The van der Waals surface area contributed by atoms with E-state index < -0.39 is 5.97 Å². The number of benzene rings is 3. The van der Waals surface area contributed by atoms with Crippen LogP contribution in [0.4, 0.5) is 0 Å². The molecule has 5 rings (SSSR count). The molecule has 0 radical (unpaired) electrons. The van der Waals surface area contributed by atoms with Gasteiger partial charge in [-0.3, -0.25) is 4.90 Å². The van der Waals surface area contributed by atoms with Crippen LogP contribution in [0.3, 0.4) is 0 Å². The zero-order chi connectivity index (χ0) is 25.2. The predicted molar refractivity (Wildman–Crippen MR) is 145 cm³/mol. The van der Waals surface area contributed by atoms with Crippen LogP contribution in [-0.4, -0.2) is 49.3 Å². The maximum Gasteiger partial charge on any atom is 0.356 e. The van der Waals surface area contributed by atoms with Crippen molar-refractivity contribution in [2.75, 3.05) is 33.4 Å². The number of aryl methyl sites for hydroxylation is 2. The molecule has 0 aliphatic carbocycles. The maximum absolute atomic E-state index is 12.4. The smallest absolute Gasteiger partial charge is 0.356 e. The predicted octanol–water partition coefficient (Wildman–Crippen LogP) is 6.46. The second-order valence-electron chi connectivity index (χ2n) is 9.20. The number of nitrogens with zero attached hydrogens (tertiary/aromatic N) is 2. The zero-order valence-electron chi connectivity index (χ0n) is 20.8. The summed E-state index contributed by atoms with van der Waals surface area (Å²) < 4.78 is 10.5. The summed E-state index contributed by atoms with van der Waals surface area (Å²) in [6, 6.07) is 20.3. The Hall–Kier alpha value is -3.25. The fraction of sp³-hybridized carbons (Fsp3) is 0.267. The number of rotatable bonds is 5. The molecule has 4 aromatic rings. The summed E-state index contributed by atoms with van der Waals surface area (Å²) in [5, 5.41) is 1.60. The summed E-state index contributed by atoms with van der Waals surface area (Å²) in [7, 11) is 1.37. The van der Waals surface area contributed by atoms with Crippen LogP contribution in [0.2, 0.25) is 5.02 Å². The molecule has 1 aliphatic heterocycles. The monoisotopic (exact) mass is 500 g/mol. The van der Waals surface area contributed by atoms with E-state index in [0.717, 1.165) is 71.6 Å². The number of carbonyl (C=O) groups is 1. The topological polar surface area (TPSA) is 51.7 Å². The highest BCUT2D eigenvalue weighted by Gasteiger charge is 2.20. The Morgan fingerprint density at radius 1 is 1.03 bits per heavy atom. The second kappa shape index (κ2) is 10.4. The van der Waals surface area contributed by atoms with Gasteiger partial charge in [0.1, 0.15) is 5.69 Å². The lowest BCUT2D eigenvalue weighted by Gasteiger charge is -2.26. The minimum atomic E-state index is -0.472. The molecular weight excluding hydrogens is 472 g/mol. The van der Waals surface area contributed by atoms with E-state index in [-0.39, 0.29) is 5.69 Å². The third-order valence-electron chi connectivity index (χ3n) is 6.86. The first kappa shape index (κ1) is 24.4. The van der Waals surface area contributed by atoms with E-state index in [1.54, 1.807) is 6.07 Å². The normalized spacial score (nSPS) is 14.2. The van der Waals surface area contributed by atoms with Crippen molar-refractivity contribution < 1.29 is 14.3 Å². The van der Waals surface area contributed by atoms with Crippen LogP contribution in [0.15, 0.2) is 60.7 Å². The first-order valence-corrected chi connectivity index (χ1v) is 12.5. The number of halogens is 1. The highest BCUT2D eigenvalue weighted by Crippen LogP contribution is 2.40. The molecule has 1 aromatic heterocycles. The molecule has 1 fully saturated rings. The number of pyridine rings is 1. The van der Waals surface area contributed by atoms with Crippen molar-refractivity contribution in [3.63, 3.8) is 0 Å². The molecule has 0 N–H and O–H groups in total. The highest BCUT2D eigenvalue weighted by atomic mass is 35.5. The molecule has 1 aliphatic rings. The molecule has 3 aromatic carbocycles. The van der Waals surface area contributed by atoms with Gasteiger partial charge in [0.2, 0.25) is 0 Å². The first-order chi connectivity index (χ1) is 17.5. The van der Waals surface area contributed by atoms with E-state index >= 15 is 0 Å². The van der Waals surface area contributed by atoms with Gasteiger partial charge in [0.15, 0.2) is 0 Å². The Morgan fingerprint density at radius 3 is 2.44 bits per heavy atom. The Labute approximate surface area is 216 Å². The van der Waals surface area contributed by atoms with Crippen molar-refractivity contribution in [1.82, 2.24) is 9.88 Å². The van der Waals surface area contributed by atoms with Gasteiger partial charge in [-0.05, 0) is 65.4 Å². The maximum atomic E-state index is 12.4. The van der Waals surface area contributed by atoms with Gasteiger partial charge in [-0.25, -0.2) is 9.78 Å². The van der Waals surface area contributed by atoms with E-state index in [2.05, 4.69) is 48.0 Å². The second-order valence-corrected chi connectivity index (χ2v) is 9.61. The summed E-state index contributed by atoms with van der Waals surface area (Å²) in [6.07, 6.45) is 0. The van der Waals surface area contributed by atoms with Crippen LogP contribution < -0.4 is 0 Å². The molecule has 0 atom stereocenters. The Balaban J connectivity index is 1.63. The Bertz CT molecular complexity index is 1430. The Kier molecular flexibility index (Phi) is 7.06. The fourth-order valence-corrected chi connectivity index (χ4v) is 5.34. The molecule has 0 saturated carbocycles. The molecule has 0 unspecified atom stereocenters. The van der Waals surface area contributed by atoms with E-state index in [4.69, 9.17) is 21.1 Å². The average Bonchev–Trinajstić information content (AvgIpc) is 2.89. The third-order valence-corrected chi connectivity index (χ3v) is 7.19. The molecule has 2 heterocycles. The molecule has 6 heteroatoms. The van der Waals surface area contributed by atoms with Crippen molar-refractivity contribution in [3.8, 4) is 22.3 Å². The van der Waals surface area contributed by atoms with E-state index in [0.29, 0.717) is 5.02 Å². The fourth-order valence-electron chi connectivity index (χ4n) is 5.10.